The van der Waals surface area contributed by atoms with Gasteiger partial charge in [0.15, 0.2) is 0 Å². The largest absolute Gasteiger partial charge is 0.369 e. The van der Waals surface area contributed by atoms with Crippen LogP contribution in [0.4, 0.5) is 0 Å². The lowest BCUT2D eigenvalue weighted by atomic mass is 9.52. The molecule has 100 valence electrons. The number of likely N-dealkylation sites (tertiary alicyclic amines) is 1. The van der Waals surface area contributed by atoms with Gasteiger partial charge in [0, 0.05) is 11.5 Å². The maximum absolute atomic E-state index is 6.10. The summed E-state index contributed by atoms with van der Waals surface area (Å²) in [7, 11) is 2.32. The van der Waals surface area contributed by atoms with Crippen LogP contribution in [0.15, 0.2) is 24.3 Å². The summed E-state index contributed by atoms with van der Waals surface area (Å²) >= 11 is 0. The van der Waals surface area contributed by atoms with Crippen molar-refractivity contribution in [3.05, 3.63) is 35.4 Å². The number of epoxide rings is 1. The standard InChI is InChI=1S/C17H21NO/c1-18-9-8-17-12-5-3-2-4-11(12)10-14(18)13(17)6-7-15-16(17)19-15/h2-5,13-16H,6-10H2,1H3/t13-,14+,15?,16?,17+/m0/s1. The van der Waals surface area contributed by atoms with E-state index in [0.29, 0.717) is 17.6 Å². The molecule has 2 heteroatoms. The number of nitrogens with zero attached hydrogens (tertiary/aromatic N) is 1. The van der Waals surface area contributed by atoms with Crippen LogP contribution >= 0.6 is 0 Å². The molecule has 5 rings (SSSR count). The molecule has 5 atom stereocenters. The van der Waals surface area contributed by atoms with Crippen molar-refractivity contribution in [3.63, 3.8) is 0 Å². The molecule has 2 aliphatic carbocycles. The molecule has 0 radical (unpaired) electrons. The van der Waals surface area contributed by atoms with Gasteiger partial charge in [-0.1, -0.05) is 24.3 Å². The van der Waals surface area contributed by atoms with Crippen molar-refractivity contribution < 1.29 is 4.74 Å². The first-order valence-corrected chi connectivity index (χ1v) is 7.75. The highest BCUT2D eigenvalue weighted by atomic mass is 16.6. The number of likely N-dealkylation sites (N-methyl/N-ethyl adjacent to an activating group) is 1. The third-order valence-corrected chi connectivity index (χ3v) is 6.37. The van der Waals surface area contributed by atoms with Crippen molar-refractivity contribution in [2.24, 2.45) is 5.92 Å². The number of rotatable bonds is 0. The summed E-state index contributed by atoms with van der Waals surface area (Å²) in [6, 6.07) is 9.93. The van der Waals surface area contributed by atoms with E-state index in [1.807, 2.05) is 0 Å². The molecule has 1 saturated carbocycles. The molecule has 19 heavy (non-hydrogen) atoms. The van der Waals surface area contributed by atoms with E-state index < -0.39 is 0 Å². The Hall–Kier alpha value is -0.860. The second kappa shape index (κ2) is 3.42. The van der Waals surface area contributed by atoms with Crippen molar-refractivity contribution >= 4 is 0 Å². The van der Waals surface area contributed by atoms with Gasteiger partial charge >= 0.3 is 0 Å². The molecule has 2 aliphatic heterocycles. The van der Waals surface area contributed by atoms with Gasteiger partial charge < -0.3 is 9.64 Å². The lowest BCUT2D eigenvalue weighted by Gasteiger charge is -2.57. The van der Waals surface area contributed by atoms with Gasteiger partial charge in [-0.3, -0.25) is 0 Å². The zero-order valence-corrected chi connectivity index (χ0v) is 11.5. The van der Waals surface area contributed by atoms with E-state index in [-0.39, 0.29) is 0 Å². The molecule has 4 aliphatic rings. The zero-order chi connectivity index (χ0) is 12.6. The normalized spacial score (nSPS) is 47.0. The highest BCUT2D eigenvalue weighted by Gasteiger charge is 2.66. The fourth-order valence-electron chi connectivity index (χ4n) is 5.49. The van der Waals surface area contributed by atoms with Crippen molar-refractivity contribution in [3.8, 4) is 0 Å². The summed E-state index contributed by atoms with van der Waals surface area (Å²) in [6.45, 7) is 1.24. The van der Waals surface area contributed by atoms with Crippen molar-refractivity contribution in [2.45, 2.75) is 49.3 Å². The summed E-state index contributed by atoms with van der Waals surface area (Å²) < 4.78 is 6.10. The number of ether oxygens (including phenoxy) is 1. The maximum atomic E-state index is 6.10. The first kappa shape index (κ1) is 10.9. The summed E-state index contributed by atoms with van der Waals surface area (Å²) in [6.07, 6.45) is 6.31. The van der Waals surface area contributed by atoms with E-state index in [2.05, 4.69) is 36.2 Å². The lowest BCUT2D eigenvalue weighted by Crippen LogP contribution is -2.62. The smallest absolute Gasteiger partial charge is 0.0942 e. The number of benzene rings is 1. The molecule has 2 unspecified atom stereocenters. The van der Waals surface area contributed by atoms with Crippen molar-refractivity contribution in [2.75, 3.05) is 13.6 Å². The first-order valence-electron chi connectivity index (χ1n) is 7.75. The Morgan fingerprint density at radius 2 is 2.16 bits per heavy atom. The van der Waals surface area contributed by atoms with E-state index in [1.54, 1.807) is 11.1 Å². The van der Waals surface area contributed by atoms with Crippen LogP contribution in [0.1, 0.15) is 30.4 Å². The third-order valence-electron chi connectivity index (χ3n) is 6.37. The molecule has 3 fully saturated rings. The molecule has 1 aromatic carbocycles. The molecular formula is C17H21NO. The quantitative estimate of drug-likeness (QED) is 0.661. The molecule has 2 bridgehead atoms. The zero-order valence-electron chi connectivity index (χ0n) is 11.5. The molecule has 2 saturated heterocycles. The molecule has 0 amide bonds. The van der Waals surface area contributed by atoms with E-state index in [4.69, 9.17) is 4.74 Å². The number of fused-ring (bicyclic) bond motifs is 2. The Bertz CT molecular complexity index is 542. The summed E-state index contributed by atoms with van der Waals surface area (Å²) in [5.41, 5.74) is 3.58. The second-order valence-electron chi connectivity index (χ2n) is 6.98. The first-order chi connectivity index (χ1) is 9.30. The Labute approximate surface area is 114 Å². The number of hydrogen-bond acceptors (Lipinski definition) is 2. The fourth-order valence-corrected chi connectivity index (χ4v) is 5.49. The fraction of sp³-hybridized carbons (Fsp3) is 0.647. The van der Waals surface area contributed by atoms with Crippen molar-refractivity contribution in [1.29, 1.82) is 0 Å². The van der Waals surface area contributed by atoms with Gasteiger partial charge in [-0.2, -0.15) is 0 Å². The minimum Gasteiger partial charge on any atom is -0.369 e. The van der Waals surface area contributed by atoms with Crippen LogP contribution < -0.4 is 0 Å². The molecule has 1 aromatic rings. The van der Waals surface area contributed by atoms with Crippen LogP contribution in [0.25, 0.3) is 0 Å². The Balaban J connectivity index is 1.75. The Morgan fingerprint density at radius 3 is 3.11 bits per heavy atom. The molecule has 2 nitrogen and oxygen atoms in total. The number of hydrogen-bond donors (Lipinski definition) is 0. The summed E-state index contributed by atoms with van der Waals surface area (Å²) in [5, 5.41) is 0. The SMILES string of the molecule is CN1CC[C@@]23c4ccccc4C[C@@H]1[C@@H]2CCC1OC13. The van der Waals surface area contributed by atoms with Crippen molar-refractivity contribution in [1.82, 2.24) is 4.90 Å². The predicted octanol–water partition coefficient (Wildman–Crippen LogP) is 2.36. The van der Waals surface area contributed by atoms with Crippen LogP contribution in [0.2, 0.25) is 0 Å². The monoisotopic (exact) mass is 255 g/mol. The molecule has 0 spiro atoms. The molecule has 2 heterocycles. The minimum atomic E-state index is 0.356. The van der Waals surface area contributed by atoms with E-state index in [1.165, 1.54) is 32.2 Å². The molecule has 0 aromatic heterocycles. The van der Waals surface area contributed by atoms with Gasteiger partial charge in [-0.05, 0) is 56.3 Å². The molecule has 0 N–H and O–H groups in total. The lowest BCUT2D eigenvalue weighted by molar-refractivity contribution is 0.00612. The Kier molecular flexibility index (Phi) is 1.96. The van der Waals surface area contributed by atoms with Crippen LogP contribution in [0, 0.1) is 5.92 Å². The third kappa shape index (κ3) is 1.20. The average Bonchev–Trinajstić information content (AvgIpc) is 3.23. The van der Waals surface area contributed by atoms with Gasteiger partial charge in [-0.15, -0.1) is 0 Å². The topological polar surface area (TPSA) is 15.8 Å². The van der Waals surface area contributed by atoms with Gasteiger partial charge in [0.2, 0.25) is 0 Å². The van der Waals surface area contributed by atoms with Gasteiger partial charge in [0.05, 0.1) is 12.2 Å². The number of piperidine rings is 1. The summed E-state index contributed by atoms with van der Waals surface area (Å²) in [4.78, 5) is 2.61. The van der Waals surface area contributed by atoms with E-state index >= 15 is 0 Å². The highest BCUT2D eigenvalue weighted by molar-refractivity contribution is 5.44. The Morgan fingerprint density at radius 1 is 1.26 bits per heavy atom. The highest BCUT2D eigenvalue weighted by Crippen LogP contribution is 2.61. The minimum absolute atomic E-state index is 0.356. The second-order valence-corrected chi connectivity index (χ2v) is 6.98. The maximum Gasteiger partial charge on any atom is 0.0942 e. The molecular weight excluding hydrogens is 234 g/mol. The van der Waals surface area contributed by atoms with Gasteiger partial charge in [-0.25, -0.2) is 0 Å². The van der Waals surface area contributed by atoms with E-state index in [9.17, 15) is 0 Å². The summed E-state index contributed by atoms with van der Waals surface area (Å²) in [5.74, 6) is 0.824. The van der Waals surface area contributed by atoms with Crippen LogP contribution in [0.3, 0.4) is 0 Å². The predicted molar refractivity (Wildman–Crippen MR) is 74.2 cm³/mol. The van der Waals surface area contributed by atoms with Crippen LogP contribution in [-0.2, 0) is 16.6 Å². The van der Waals surface area contributed by atoms with E-state index in [0.717, 1.165) is 12.0 Å². The average molecular weight is 255 g/mol. The van der Waals surface area contributed by atoms with Gasteiger partial charge in [0.1, 0.15) is 0 Å². The van der Waals surface area contributed by atoms with Crippen LogP contribution in [0.5, 0.6) is 0 Å². The van der Waals surface area contributed by atoms with Crippen LogP contribution in [-0.4, -0.2) is 36.7 Å². The van der Waals surface area contributed by atoms with Gasteiger partial charge in [0.25, 0.3) is 0 Å².